The van der Waals surface area contributed by atoms with Crippen LogP contribution in [0.1, 0.15) is 31.4 Å². The molecule has 25 heavy (non-hydrogen) atoms. The van der Waals surface area contributed by atoms with E-state index in [4.69, 9.17) is 9.73 Å². The van der Waals surface area contributed by atoms with E-state index in [9.17, 15) is 0 Å². The summed E-state index contributed by atoms with van der Waals surface area (Å²) in [4.78, 5) is 6.99. The van der Waals surface area contributed by atoms with E-state index in [0.717, 1.165) is 31.2 Å². The lowest BCUT2D eigenvalue weighted by molar-refractivity contribution is 0.305. The number of thioether (sulfide) groups is 1. The molecule has 0 bridgehead atoms. The van der Waals surface area contributed by atoms with Crippen LogP contribution in [0.3, 0.4) is 0 Å². The van der Waals surface area contributed by atoms with Crippen molar-refractivity contribution in [3.8, 4) is 5.75 Å². The number of ether oxygens (including phenoxy) is 1. The van der Waals surface area contributed by atoms with Crippen molar-refractivity contribution in [1.29, 1.82) is 0 Å². The highest BCUT2D eigenvalue weighted by Crippen LogP contribution is 2.22. The van der Waals surface area contributed by atoms with E-state index < -0.39 is 0 Å². The maximum atomic E-state index is 5.35. The van der Waals surface area contributed by atoms with Gasteiger partial charge in [-0.3, -0.25) is 4.99 Å². The number of unbranched alkanes of at least 4 members (excludes halogenated alkanes) is 1. The van der Waals surface area contributed by atoms with Crippen LogP contribution in [0.25, 0.3) is 0 Å². The quantitative estimate of drug-likeness (QED) is 0.358. The Balaban J connectivity index is 2.70. The second-order valence-electron chi connectivity index (χ2n) is 6.10. The van der Waals surface area contributed by atoms with Gasteiger partial charge in [-0.25, -0.2) is 0 Å². The lowest BCUT2D eigenvalue weighted by Gasteiger charge is -2.24. The average Bonchev–Trinajstić information content (AvgIpc) is 2.61. The maximum Gasteiger partial charge on any atom is 0.191 e. The van der Waals surface area contributed by atoms with E-state index in [1.807, 2.05) is 23.9 Å². The summed E-state index contributed by atoms with van der Waals surface area (Å²) in [5, 5.41) is 6.77. The number of nitrogens with one attached hydrogen (secondary N) is 2. The molecule has 0 spiro atoms. The number of guanidine groups is 1. The van der Waals surface area contributed by atoms with Crippen LogP contribution in [0.5, 0.6) is 5.75 Å². The molecule has 6 heteroatoms. The van der Waals surface area contributed by atoms with Gasteiger partial charge < -0.3 is 20.3 Å². The van der Waals surface area contributed by atoms with E-state index in [1.54, 1.807) is 7.11 Å². The molecule has 1 aromatic carbocycles. The molecule has 2 N–H and O–H groups in total. The predicted octanol–water partition coefficient (Wildman–Crippen LogP) is 3.00. The smallest absolute Gasteiger partial charge is 0.191 e. The van der Waals surface area contributed by atoms with Gasteiger partial charge in [0.2, 0.25) is 0 Å². The largest absolute Gasteiger partial charge is 0.497 e. The molecule has 0 radical (unpaired) electrons. The van der Waals surface area contributed by atoms with Crippen molar-refractivity contribution in [3.05, 3.63) is 29.8 Å². The summed E-state index contributed by atoms with van der Waals surface area (Å²) < 4.78 is 5.35. The van der Waals surface area contributed by atoms with E-state index >= 15 is 0 Å². The van der Waals surface area contributed by atoms with E-state index in [0.29, 0.717) is 6.54 Å². The third-order valence-corrected chi connectivity index (χ3v) is 4.63. The number of hydrogen-bond donors (Lipinski definition) is 2. The molecule has 0 heterocycles. The molecule has 1 rings (SSSR count). The fourth-order valence-electron chi connectivity index (χ4n) is 2.51. The fourth-order valence-corrected chi connectivity index (χ4v) is 3.01. The highest BCUT2D eigenvalue weighted by Gasteiger charge is 2.14. The van der Waals surface area contributed by atoms with Crippen LogP contribution in [0.4, 0.5) is 0 Å². The summed E-state index contributed by atoms with van der Waals surface area (Å²) in [6.45, 7) is 4.61. The molecule has 5 nitrogen and oxygen atoms in total. The number of methoxy groups -OCH3 is 1. The minimum Gasteiger partial charge on any atom is -0.497 e. The summed E-state index contributed by atoms with van der Waals surface area (Å²) in [6.07, 6.45) is 4.55. The first-order chi connectivity index (χ1) is 12.1. The van der Waals surface area contributed by atoms with Gasteiger partial charge in [0.05, 0.1) is 19.7 Å². The first-order valence-electron chi connectivity index (χ1n) is 8.93. The molecular formula is C19H34N4OS. The molecule has 0 aliphatic rings. The normalized spacial score (nSPS) is 13.0. The van der Waals surface area contributed by atoms with Crippen LogP contribution >= 0.6 is 11.8 Å². The number of aliphatic imine (C=N–C) groups is 1. The molecule has 1 aromatic rings. The van der Waals surface area contributed by atoms with Gasteiger partial charge in [-0.2, -0.15) is 11.8 Å². The molecule has 0 aromatic heterocycles. The van der Waals surface area contributed by atoms with Crippen LogP contribution in [0.2, 0.25) is 0 Å². The van der Waals surface area contributed by atoms with Crippen LogP contribution < -0.4 is 15.4 Å². The molecule has 1 atom stereocenters. The molecule has 0 aliphatic heterocycles. The zero-order valence-electron chi connectivity index (χ0n) is 16.3. The molecule has 0 saturated carbocycles. The number of benzene rings is 1. The van der Waals surface area contributed by atoms with E-state index in [2.05, 4.69) is 54.9 Å². The second-order valence-corrected chi connectivity index (χ2v) is 7.09. The Hall–Kier alpha value is -1.40. The van der Waals surface area contributed by atoms with Crippen molar-refractivity contribution in [2.75, 3.05) is 52.8 Å². The fraction of sp³-hybridized carbons (Fsp3) is 0.632. The van der Waals surface area contributed by atoms with Gasteiger partial charge in [0.25, 0.3) is 0 Å². The average molecular weight is 367 g/mol. The summed E-state index contributed by atoms with van der Waals surface area (Å²) in [5.41, 5.74) is 1.21. The number of hydrogen-bond acceptors (Lipinski definition) is 4. The minimum absolute atomic E-state index is 0.210. The summed E-state index contributed by atoms with van der Waals surface area (Å²) in [7, 11) is 5.87. The Morgan fingerprint density at radius 1 is 1.28 bits per heavy atom. The third kappa shape index (κ3) is 8.50. The van der Waals surface area contributed by atoms with Crippen LogP contribution in [-0.2, 0) is 0 Å². The Bertz CT molecular complexity index is 508. The monoisotopic (exact) mass is 366 g/mol. The van der Waals surface area contributed by atoms with Crippen LogP contribution in [-0.4, -0.2) is 63.7 Å². The van der Waals surface area contributed by atoms with Gasteiger partial charge in [-0.1, -0.05) is 12.1 Å². The first-order valence-corrected chi connectivity index (χ1v) is 10.3. The number of nitrogens with zero attached hydrogens (tertiary/aromatic N) is 2. The molecule has 0 aliphatic carbocycles. The molecule has 0 amide bonds. The Kier molecular flexibility index (Phi) is 11.2. The SMILES string of the molecule is CCNC(=NCC(c1cccc(OC)c1)N(C)C)NCCCCSC. The van der Waals surface area contributed by atoms with Gasteiger partial charge in [0.1, 0.15) is 5.75 Å². The van der Waals surface area contributed by atoms with Gasteiger partial charge in [0.15, 0.2) is 5.96 Å². The number of rotatable bonds is 11. The van der Waals surface area contributed by atoms with Crippen molar-refractivity contribution in [1.82, 2.24) is 15.5 Å². The van der Waals surface area contributed by atoms with E-state index in [-0.39, 0.29) is 6.04 Å². The minimum atomic E-state index is 0.210. The lowest BCUT2D eigenvalue weighted by atomic mass is 10.1. The highest BCUT2D eigenvalue weighted by atomic mass is 32.2. The predicted molar refractivity (Wildman–Crippen MR) is 111 cm³/mol. The topological polar surface area (TPSA) is 48.9 Å². The van der Waals surface area contributed by atoms with Crippen molar-refractivity contribution >= 4 is 17.7 Å². The van der Waals surface area contributed by atoms with Crippen LogP contribution in [0, 0.1) is 0 Å². The maximum absolute atomic E-state index is 5.35. The number of likely N-dealkylation sites (N-methyl/N-ethyl adjacent to an activating group) is 1. The van der Waals surface area contributed by atoms with E-state index in [1.165, 1.54) is 17.7 Å². The summed E-state index contributed by atoms with van der Waals surface area (Å²) in [5.74, 6) is 2.99. The molecule has 0 saturated heterocycles. The second kappa shape index (κ2) is 12.9. The third-order valence-electron chi connectivity index (χ3n) is 3.94. The standard InChI is InChI=1S/C19H34N4OS/c1-6-20-19(21-12-7-8-13-25-5)22-15-18(23(2)3)16-10-9-11-17(14-16)24-4/h9-11,14,18H,6-8,12-13,15H2,1-5H3,(H2,20,21,22). The zero-order valence-corrected chi connectivity index (χ0v) is 17.2. The highest BCUT2D eigenvalue weighted by molar-refractivity contribution is 7.98. The lowest BCUT2D eigenvalue weighted by Crippen LogP contribution is -2.38. The summed E-state index contributed by atoms with van der Waals surface area (Å²) in [6, 6.07) is 8.43. The van der Waals surface area contributed by atoms with Gasteiger partial charge in [-0.05, 0) is 63.6 Å². The molecule has 1 unspecified atom stereocenters. The first kappa shape index (κ1) is 21.6. The van der Waals surface area contributed by atoms with Crippen molar-refractivity contribution < 1.29 is 4.74 Å². The Morgan fingerprint density at radius 2 is 2.08 bits per heavy atom. The van der Waals surface area contributed by atoms with Crippen molar-refractivity contribution in [3.63, 3.8) is 0 Å². The molecule has 0 fully saturated rings. The summed E-state index contributed by atoms with van der Waals surface area (Å²) >= 11 is 1.90. The Morgan fingerprint density at radius 3 is 2.72 bits per heavy atom. The molecule has 142 valence electrons. The van der Waals surface area contributed by atoms with Crippen molar-refractivity contribution in [2.24, 2.45) is 4.99 Å². The van der Waals surface area contributed by atoms with Gasteiger partial charge >= 0.3 is 0 Å². The van der Waals surface area contributed by atoms with Crippen molar-refractivity contribution in [2.45, 2.75) is 25.8 Å². The Labute approximate surface area is 157 Å². The van der Waals surface area contributed by atoms with Crippen LogP contribution in [0.15, 0.2) is 29.3 Å². The molecular weight excluding hydrogens is 332 g/mol. The van der Waals surface area contributed by atoms with Gasteiger partial charge in [-0.15, -0.1) is 0 Å². The van der Waals surface area contributed by atoms with Gasteiger partial charge in [0, 0.05) is 13.1 Å². The zero-order chi connectivity index (χ0) is 18.5.